The van der Waals surface area contributed by atoms with Crippen LogP contribution in [0.5, 0.6) is 0 Å². The predicted octanol–water partition coefficient (Wildman–Crippen LogP) is 2.67. The summed E-state index contributed by atoms with van der Waals surface area (Å²) in [4.78, 5) is 26.8. The summed E-state index contributed by atoms with van der Waals surface area (Å²) in [7, 11) is 0. The van der Waals surface area contributed by atoms with Gasteiger partial charge in [0.05, 0.1) is 12.1 Å². The molecule has 0 bridgehead atoms. The highest BCUT2D eigenvalue weighted by molar-refractivity contribution is 6.30. The van der Waals surface area contributed by atoms with Gasteiger partial charge in [-0.05, 0) is 18.4 Å². The number of rotatable bonds is 3. The van der Waals surface area contributed by atoms with Gasteiger partial charge in [0.15, 0.2) is 0 Å². The van der Waals surface area contributed by atoms with Crippen molar-refractivity contribution in [2.45, 2.75) is 33.2 Å². The number of aromatic nitrogens is 2. The van der Waals surface area contributed by atoms with Gasteiger partial charge >= 0.3 is 5.69 Å². The van der Waals surface area contributed by atoms with Crippen molar-refractivity contribution in [2.24, 2.45) is 0 Å². The fraction of sp³-hybridized carbons (Fsp3) is 0.333. The van der Waals surface area contributed by atoms with Gasteiger partial charge in [-0.3, -0.25) is 14.3 Å². The molecule has 0 aliphatic rings. The van der Waals surface area contributed by atoms with Crippen LogP contribution >= 0.6 is 11.6 Å². The molecule has 0 unspecified atom stereocenters. The number of aromatic amines is 1. The lowest BCUT2D eigenvalue weighted by atomic mass is 10.1. The fourth-order valence-corrected chi connectivity index (χ4v) is 2.46. The van der Waals surface area contributed by atoms with E-state index in [1.807, 2.05) is 45.0 Å². The lowest BCUT2D eigenvalue weighted by Gasteiger charge is -2.11. The zero-order valence-corrected chi connectivity index (χ0v) is 12.5. The van der Waals surface area contributed by atoms with E-state index >= 15 is 0 Å². The van der Waals surface area contributed by atoms with Crippen LogP contribution in [0.3, 0.4) is 0 Å². The van der Waals surface area contributed by atoms with Crippen LogP contribution in [0.4, 0.5) is 0 Å². The molecule has 1 N–H and O–H groups in total. The second kappa shape index (κ2) is 5.67. The van der Waals surface area contributed by atoms with Crippen LogP contribution in [0.15, 0.2) is 33.9 Å². The van der Waals surface area contributed by atoms with Crippen molar-refractivity contribution < 1.29 is 0 Å². The minimum atomic E-state index is -0.482. The molecule has 0 aliphatic heterocycles. The van der Waals surface area contributed by atoms with Gasteiger partial charge in [-0.1, -0.05) is 55.3 Å². The van der Waals surface area contributed by atoms with Crippen molar-refractivity contribution in [1.82, 2.24) is 9.55 Å². The van der Waals surface area contributed by atoms with E-state index in [0.717, 1.165) is 11.1 Å². The molecular formula is C15H17ClN2O2. The SMILES string of the molecule is Cc1ccc(Cn2c(=O)[nH]c(Cl)c(C(C)C)c2=O)cc1. The Balaban J connectivity index is 2.52. The molecule has 106 valence electrons. The summed E-state index contributed by atoms with van der Waals surface area (Å²) in [6.07, 6.45) is 0. The highest BCUT2D eigenvalue weighted by Crippen LogP contribution is 2.16. The fourth-order valence-electron chi connectivity index (χ4n) is 2.08. The summed E-state index contributed by atoms with van der Waals surface area (Å²) in [5.41, 5.74) is 1.67. The van der Waals surface area contributed by atoms with Gasteiger partial charge in [-0.25, -0.2) is 4.79 Å². The average molecular weight is 293 g/mol. The highest BCUT2D eigenvalue weighted by atomic mass is 35.5. The Morgan fingerprint density at radius 3 is 2.35 bits per heavy atom. The quantitative estimate of drug-likeness (QED) is 0.884. The number of hydrogen-bond acceptors (Lipinski definition) is 2. The van der Waals surface area contributed by atoms with Gasteiger partial charge in [0.1, 0.15) is 5.15 Å². The van der Waals surface area contributed by atoms with E-state index in [0.29, 0.717) is 5.56 Å². The first-order chi connectivity index (χ1) is 9.40. The lowest BCUT2D eigenvalue weighted by Crippen LogP contribution is -2.38. The van der Waals surface area contributed by atoms with Gasteiger partial charge in [0.2, 0.25) is 0 Å². The largest absolute Gasteiger partial charge is 0.329 e. The minimum absolute atomic E-state index is 0.0453. The maximum Gasteiger partial charge on any atom is 0.329 e. The molecule has 1 aromatic heterocycles. The Labute approximate surface area is 122 Å². The van der Waals surface area contributed by atoms with E-state index in [1.54, 1.807) is 0 Å². The number of benzene rings is 1. The van der Waals surface area contributed by atoms with Crippen molar-refractivity contribution in [3.63, 3.8) is 0 Å². The number of hydrogen-bond donors (Lipinski definition) is 1. The van der Waals surface area contributed by atoms with Crippen LogP contribution in [-0.4, -0.2) is 9.55 Å². The molecule has 0 radical (unpaired) electrons. The molecule has 1 aromatic carbocycles. The maximum atomic E-state index is 12.4. The highest BCUT2D eigenvalue weighted by Gasteiger charge is 2.15. The van der Waals surface area contributed by atoms with Crippen LogP contribution in [0.2, 0.25) is 5.15 Å². The van der Waals surface area contributed by atoms with Crippen LogP contribution in [-0.2, 0) is 6.54 Å². The number of nitrogens with one attached hydrogen (secondary N) is 1. The van der Waals surface area contributed by atoms with Crippen molar-refractivity contribution in [3.8, 4) is 0 Å². The summed E-state index contributed by atoms with van der Waals surface area (Å²) >= 11 is 5.96. The van der Waals surface area contributed by atoms with Crippen LogP contribution in [0, 0.1) is 6.92 Å². The van der Waals surface area contributed by atoms with Crippen molar-refractivity contribution in [2.75, 3.05) is 0 Å². The predicted molar refractivity (Wildman–Crippen MR) is 80.7 cm³/mol. The van der Waals surface area contributed by atoms with Gasteiger partial charge in [0, 0.05) is 0 Å². The molecule has 1 heterocycles. The maximum absolute atomic E-state index is 12.4. The minimum Gasteiger partial charge on any atom is -0.297 e. The van der Waals surface area contributed by atoms with Gasteiger partial charge < -0.3 is 0 Å². The molecule has 0 fully saturated rings. The number of aryl methyl sites for hydroxylation is 1. The van der Waals surface area contributed by atoms with E-state index in [2.05, 4.69) is 4.98 Å². The molecule has 0 atom stereocenters. The standard InChI is InChI=1S/C15H17ClN2O2/c1-9(2)12-13(16)17-15(20)18(14(12)19)8-11-6-4-10(3)5-7-11/h4-7,9H,8H2,1-3H3,(H,17,20). The van der Waals surface area contributed by atoms with Gasteiger partial charge in [0.25, 0.3) is 5.56 Å². The molecule has 20 heavy (non-hydrogen) atoms. The van der Waals surface area contributed by atoms with Crippen molar-refractivity contribution in [1.29, 1.82) is 0 Å². The normalized spacial score (nSPS) is 11.1. The zero-order chi connectivity index (χ0) is 14.9. The third-order valence-electron chi connectivity index (χ3n) is 3.21. The summed E-state index contributed by atoms with van der Waals surface area (Å²) in [6, 6.07) is 7.72. The average Bonchev–Trinajstić information content (AvgIpc) is 2.36. The first-order valence-electron chi connectivity index (χ1n) is 6.48. The second-order valence-electron chi connectivity index (χ2n) is 5.19. The molecular weight excluding hydrogens is 276 g/mol. The third kappa shape index (κ3) is 2.85. The first-order valence-corrected chi connectivity index (χ1v) is 6.86. The van der Waals surface area contributed by atoms with E-state index in [4.69, 9.17) is 11.6 Å². The van der Waals surface area contributed by atoms with Crippen LogP contribution in [0.25, 0.3) is 0 Å². The summed E-state index contributed by atoms with van der Waals surface area (Å²) in [5.74, 6) is -0.0453. The summed E-state index contributed by atoms with van der Waals surface area (Å²) < 4.78 is 1.19. The number of nitrogens with zero attached hydrogens (tertiary/aromatic N) is 1. The van der Waals surface area contributed by atoms with Gasteiger partial charge in [-0.2, -0.15) is 0 Å². The molecule has 5 heteroatoms. The van der Waals surface area contributed by atoms with E-state index in [9.17, 15) is 9.59 Å². The Morgan fingerprint density at radius 1 is 1.20 bits per heavy atom. The number of halogens is 1. The lowest BCUT2D eigenvalue weighted by molar-refractivity contribution is 0.670. The Bertz CT molecular complexity index is 727. The van der Waals surface area contributed by atoms with Crippen LogP contribution in [0.1, 0.15) is 36.5 Å². The molecule has 4 nitrogen and oxygen atoms in total. The van der Waals surface area contributed by atoms with E-state index in [-0.39, 0.29) is 23.2 Å². The topological polar surface area (TPSA) is 54.9 Å². The molecule has 2 aromatic rings. The number of H-pyrrole nitrogens is 1. The van der Waals surface area contributed by atoms with E-state index < -0.39 is 5.69 Å². The van der Waals surface area contributed by atoms with Crippen molar-refractivity contribution >= 4 is 11.6 Å². The Hall–Kier alpha value is -1.81. The van der Waals surface area contributed by atoms with Gasteiger partial charge in [-0.15, -0.1) is 0 Å². The zero-order valence-electron chi connectivity index (χ0n) is 11.7. The molecule has 0 spiro atoms. The molecule has 0 amide bonds. The van der Waals surface area contributed by atoms with Crippen molar-refractivity contribution in [3.05, 3.63) is 66.9 Å². The molecule has 2 rings (SSSR count). The molecule has 0 aliphatic carbocycles. The Kier molecular flexibility index (Phi) is 4.14. The summed E-state index contributed by atoms with van der Waals surface area (Å²) in [5, 5.41) is 0.134. The molecule has 0 saturated heterocycles. The Morgan fingerprint density at radius 2 is 1.80 bits per heavy atom. The second-order valence-corrected chi connectivity index (χ2v) is 5.57. The third-order valence-corrected chi connectivity index (χ3v) is 3.51. The van der Waals surface area contributed by atoms with E-state index in [1.165, 1.54) is 4.57 Å². The summed E-state index contributed by atoms with van der Waals surface area (Å²) in [6.45, 7) is 5.97. The van der Waals surface area contributed by atoms with Crippen LogP contribution < -0.4 is 11.2 Å². The first kappa shape index (κ1) is 14.6. The monoisotopic (exact) mass is 292 g/mol. The molecule has 0 saturated carbocycles. The smallest absolute Gasteiger partial charge is 0.297 e.